The summed E-state index contributed by atoms with van der Waals surface area (Å²) in [6.45, 7) is 0.871. The summed E-state index contributed by atoms with van der Waals surface area (Å²) in [6.07, 6.45) is 6.66. The maximum atomic E-state index is 10.8. The van der Waals surface area contributed by atoms with Crippen LogP contribution in [0.5, 0.6) is 0 Å². The Morgan fingerprint density at radius 1 is 1.43 bits per heavy atom. The summed E-state index contributed by atoms with van der Waals surface area (Å²) >= 11 is 6.08. The standard InChI is InChI=1S/C13H18ClN3O3S/c1-21(2,3)7-6-20-9-16-12-8-10(17(18)19)4-5-11(12)15-13(16)14/h4-5,8H,6-7,9H2,1-3H3. The van der Waals surface area contributed by atoms with Crippen molar-refractivity contribution in [1.82, 2.24) is 9.55 Å². The van der Waals surface area contributed by atoms with Crippen LogP contribution in [0.2, 0.25) is 5.28 Å². The smallest absolute Gasteiger partial charge is 0.271 e. The second kappa shape index (κ2) is 6.21. The highest BCUT2D eigenvalue weighted by Gasteiger charge is 2.14. The van der Waals surface area contributed by atoms with Gasteiger partial charge < -0.3 is 4.74 Å². The van der Waals surface area contributed by atoms with E-state index < -0.39 is 15.0 Å². The number of nitrogens with zero attached hydrogens (tertiary/aromatic N) is 3. The Morgan fingerprint density at radius 2 is 2.14 bits per heavy atom. The molecule has 2 aromatic rings. The Kier molecular flexibility index (Phi) is 4.75. The van der Waals surface area contributed by atoms with Gasteiger partial charge in [0, 0.05) is 17.9 Å². The van der Waals surface area contributed by atoms with Gasteiger partial charge in [0.15, 0.2) is 0 Å². The number of non-ortho nitro benzene ring substituents is 1. The number of nitro benzene ring substituents is 1. The summed E-state index contributed by atoms with van der Waals surface area (Å²) in [5, 5.41) is 11.1. The molecule has 1 aromatic carbocycles. The molecule has 8 heteroatoms. The van der Waals surface area contributed by atoms with E-state index in [0.29, 0.717) is 17.6 Å². The van der Waals surface area contributed by atoms with E-state index in [-0.39, 0.29) is 17.7 Å². The van der Waals surface area contributed by atoms with Crippen molar-refractivity contribution in [2.75, 3.05) is 31.1 Å². The first-order valence-electron chi connectivity index (χ1n) is 6.32. The molecule has 6 nitrogen and oxygen atoms in total. The molecule has 1 heterocycles. The van der Waals surface area contributed by atoms with Gasteiger partial charge in [0.1, 0.15) is 6.73 Å². The van der Waals surface area contributed by atoms with E-state index in [1.807, 2.05) is 0 Å². The van der Waals surface area contributed by atoms with Crippen LogP contribution in [-0.2, 0) is 11.5 Å². The van der Waals surface area contributed by atoms with Crippen molar-refractivity contribution in [2.45, 2.75) is 6.73 Å². The fraction of sp³-hybridized carbons (Fsp3) is 0.462. The van der Waals surface area contributed by atoms with Gasteiger partial charge in [-0.1, -0.05) is 0 Å². The number of aromatic nitrogens is 2. The first-order chi connectivity index (χ1) is 9.78. The second-order valence-corrected chi connectivity index (χ2v) is 10.5. The normalized spacial score (nSPS) is 12.8. The molecule has 0 unspecified atom stereocenters. The van der Waals surface area contributed by atoms with Gasteiger partial charge in [0.05, 0.1) is 22.6 Å². The van der Waals surface area contributed by atoms with Gasteiger partial charge in [-0.15, -0.1) is 0 Å². The Balaban J connectivity index is 2.16. The molecule has 116 valence electrons. The molecule has 0 atom stereocenters. The third kappa shape index (κ3) is 4.09. The number of halogens is 1. The largest absolute Gasteiger partial charge is 0.360 e. The number of hydrogen-bond donors (Lipinski definition) is 0. The van der Waals surface area contributed by atoms with Crippen molar-refractivity contribution >= 4 is 38.3 Å². The molecule has 0 aliphatic rings. The van der Waals surface area contributed by atoms with Crippen LogP contribution in [0.4, 0.5) is 5.69 Å². The summed E-state index contributed by atoms with van der Waals surface area (Å²) in [7, 11) is -0.608. The van der Waals surface area contributed by atoms with Gasteiger partial charge in [-0.05, 0) is 36.4 Å². The van der Waals surface area contributed by atoms with E-state index in [2.05, 4.69) is 23.8 Å². The molecule has 0 saturated carbocycles. The Labute approximate surface area is 129 Å². The predicted octanol–water partition coefficient (Wildman–Crippen LogP) is 3.27. The number of rotatable bonds is 6. The number of fused-ring (bicyclic) bond motifs is 1. The molecule has 0 bridgehead atoms. The topological polar surface area (TPSA) is 70.2 Å². The lowest BCUT2D eigenvalue weighted by molar-refractivity contribution is -0.384. The second-order valence-electron chi connectivity index (χ2n) is 5.57. The first kappa shape index (κ1) is 16.1. The van der Waals surface area contributed by atoms with Gasteiger partial charge in [-0.25, -0.2) is 15.0 Å². The Bertz CT molecular complexity index is 666. The van der Waals surface area contributed by atoms with Crippen LogP contribution in [0.3, 0.4) is 0 Å². The highest BCUT2D eigenvalue weighted by molar-refractivity contribution is 8.32. The zero-order valence-corrected chi connectivity index (χ0v) is 13.8. The maximum absolute atomic E-state index is 10.8. The van der Waals surface area contributed by atoms with Crippen LogP contribution in [0.1, 0.15) is 0 Å². The van der Waals surface area contributed by atoms with E-state index in [0.717, 1.165) is 5.75 Å². The van der Waals surface area contributed by atoms with Gasteiger partial charge in [-0.2, -0.15) is 0 Å². The predicted molar refractivity (Wildman–Crippen MR) is 87.6 cm³/mol. The maximum Gasteiger partial charge on any atom is 0.271 e. The lowest BCUT2D eigenvalue weighted by Crippen LogP contribution is -2.10. The lowest BCUT2D eigenvalue weighted by Gasteiger charge is -2.24. The van der Waals surface area contributed by atoms with Crippen LogP contribution in [0, 0.1) is 10.1 Å². The van der Waals surface area contributed by atoms with Crippen molar-refractivity contribution in [3.05, 3.63) is 33.6 Å². The number of nitro groups is 1. The summed E-state index contributed by atoms with van der Waals surface area (Å²) in [5.74, 6) is 0.997. The zero-order valence-electron chi connectivity index (χ0n) is 12.2. The van der Waals surface area contributed by atoms with Crippen LogP contribution in [0.15, 0.2) is 18.2 Å². The van der Waals surface area contributed by atoms with E-state index in [4.69, 9.17) is 16.3 Å². The minimum absolute atomic E-state index is 0.0134. The molecule has 1 aromatic heterocycles. The van der Waals surface area contributed by atoms with Crippen molar-refractivity contribution in [1.29, 1.82) is 0 Å². The number of imidazole rings is 1. The van der Waals surface area contributed by atoms with Gasteiger partial charge in [0.2, 0.25) is 5.28 Å². The van der Waals surface area contributed by atoms with Crippen LogP contribution < -0.4 is 0 Å². The number of benzene rings is 1. The third-order valence-corrected chi connectivity index (χ3v) is 4.64. The van der Waals surface area contributed by atoms with Crippen LogP contribution in [0.25, 0.3) is 11.0 Å². The van der Waals surface area contributed by atoms with Crippen molar-refractivity contribution in [2.24, 2.45) is 0 Å². The van der Waals surface area contributed by atoms with Gasteiger partial charge >= 0.3 is 0 Å². The van der Waals surface area contributed by atoms with Crippen molar-refractivity contribution < 1.29 is 9.66 Å². The van der Waals surface area contributed by atoms with Crippen LogP contribution >= 0.6 is 21.6 Å². The summed E-state index contributed by atoms with van der Waals surface area (Å²) in [6, 6.07) is 4.47. The minimum atomic E-state index is -0.608. The van der Waals surface area contributed by atoms with E-state index in [1.165, 1.54) is 12.1 Å². The number of hydrogen-bond acceptors (Lipinski definition) is 4. The van der Waals surface area contributed by atoms with Gasteiger partial charge in [-0.3, -0.25) is 14.7 Å². The highest BCUT2D eigenvalue weighted by atomic mass is 35.5. The zero-order chi connectivity index (χ0) is 15.6. The quantitative estimate of drug-likeness (QED) is 0.463. The van der Waals surface area contributed by atoms with Gasteiger partial charge in [0.25, 0.3) is 5.69 Å². The Hall–Kier alpha value is -1.31. The minimum Gasteiger partial charge on any atom is -0.360 e. The van der Waals surface area contributed by atoms with E-state index in [9.17, 15) is 10.1 Å². The molecule has 0 aliphatic carbocycles. The SMILES string of the molecule is CS(C)(C)CCOCn1c(Cl)nc2ccc([N+](=O)[O-])cc21. The van der Waals surface area contributed by atoms with Crippen molar-refractivity contribution in [3.8, 4) is 0 Å². The first-order valence-corrected chi connectivity index (χ1v) is 9.72. The molecular formula is C13H18ClN3O3S. The fourth-order valence-corrected chi connectivity index (χ4v) is 2.63. The molecule has 0 fully saturated rings. The van der Waals surface area contributed by atoms with E-state index in [1.54, 1.807) is 10.6 Å². The summed E-state index contributed by atoms with van der Waals surface area (Å²) in [5.41, 5.74) is 1.24. The molecular weight excluding hydrogens is 314 g/mol. The molecule has 0 N–H and O–H groups in total. The molecule has 0 amide bonds. The lowest BCUT2D eigenvalue weighted by atomic mass is 10.3. The molecule has 0 radical (unpaired) electrons. The fourth-order valence-electron chi connectivity index (χ4n) is 1.78. The summed E-state index contributed by atoms with van der Waals surface area (Å²) < 4.78 is 7.27. The van der Waals surface area contributed by atoms with E-state index >= 15 is 0 Å². The monoisotopic (exact) mass is 331 g/mol. The number of ether oxygens (including phenoxy) is 1. The molecule has 0 saturated heterocycles. The van der Waals surface area contributed by atoms with Crippen LogP contribution in [-0.4, -0.2) is 45.6 Å². The average Bonchev–Trinajstić information content (AvgIpc) is 2.68. The third-order valence-electron chi connectivity index (χ3n) is 2.96. The molecule has 0 aliphatic heterocycles. The Morgan fingerprint density at radius 3 is 2.76 bits per heavy atom. The molecule has 0 spiro atoms. The van der Waals surface area contributed by atoms with Crippen molar-refractivity contribution in [3.63, 3.8) is 0 Å². The molecule has 2 rings (SSSR count). The highest BCUT2D eigenvalue weighted by Crippen LogP contribution is 2.33. The molecule has 21 heavy (non-hydrogen) atoms. The average molecular weight is 332 g/mol. The summed E-state index contributed by atoms with van der Waals surface area (Å²) in [4.78, 5) is 14.6.